The van der Waals surface area contributed by atoms with Crippen LogP contribution in [0.25, 0.3) is 10.4 Å². The molecule has 0 bridgehead atoms. The Morgan fingerprint density at radius 3 is 2.79 bits per heavy atom. The summed E-state index contributed by atoms with van der Waals surface area (Å²) in [7, 11) is -4.20. The highest BCUT2D eigenvalue weighted by atomic mass is 32.2. The molecule has 0 saturated carbocycles. The zero-order valence-electron chi connectivity index (χ0n) is 6.48. The number of carboxylic acid groups (broad SMARTS) is 1. The van der Waals surface area contributed by atoms with E-state index in [0.29, 0.717) is 0 Å². The molecule has 0 aliphatic carbocycles. The number of carboxylic acids is 1. The minimum atomic E-state index is -4.20. The molecule has 0 aliphatic rings. The van der Waals surface area contributed by atoms with E-state index in [0.717, 1.165) is 17.4 Å². The van der Waals surface area contributed by atoms with Crippen LogP contribution in [0.5, 0.6) is 0 Å². The summed E-state index contributed by atoms with van der Waals surface area (Å²) >= 11 is 0.748. The first-order valence-corrected chi connectivity index (χ1v) is 5.43. The molecule has 0 radical (unpaired) electrons. The first-order chi connectivity index (χ1) is 6.49. The highest BCUT2D eigenvalue weighted by Gasteiger charge is 2.22. The molecule has 1 rings (SSSR count). The van der Waals surface area contributed by atoms with E-state index in [2.05, 4.69) is 9.43 Å². The van der Waals surface area contributed by atoms with E-state index in [9.17, 15) is 13.2 Å². The van der Waals surface area contributed by atoms with Crippen molar-refractivity contribution in [3.63, 3.8) is 0 Å². The van der Waals surface area contributed by atoms with Gasteiger partial charge in [0.15, 0.2) is 0 Å². The molecule has 0 amide bonds. The lowest BCUT2D eigenvalue weighted by molar-refractivity contribution is 0.0698. The van der Waals surface area contributed by atoms with E-state index >= 15 is 0 Å². The Bertz CT molecular complexity index is 511. The molecule has 74 valence electrons. The number of nitrogens with zero attached hydrogens (tertiary/aromatic N) is 3. The number of hydrogen-bond donors (Lipinski definition) is 1. The summed E-state index contributed by atoms with van der Waals surface area (Å²) in [6, 6.07) is 1.08. The summed E-state index contributed by atoms with van der Waals surface area (Å²) in [4.78, 5) is 11.8. The Kier molecular flexibility index (Phi) is 2.75. The molecule has 0 fully saturated rings. The van der Waals surface area contributed by atoms with Crippen molar-refractivity contribution in [1.82, 2.24) is 0 Å². The first-order valence-electron chi connectivity index (χ1n) is 3.11. The number of azide groups is 1. The topological polar surface area (TPSA) is 120 Å². The Labute approximate surface area is 82.3 Å². The maximum Gasteiger partial charge on any atom is 0.347 e. The third kappa shape index (κ3) is 1.84. The van der Waals surface area contributed by atoms with Crippen LogP contribution in [-0.4, -0.2) is 19.5 Å². The molecular weight excluding hydrogens is 230 g/mol. The predicted molar refractivity (Wildman–Crippen MR) is 47.6 cm³/mol. The highest BCUT2D eigenvalue weighted by Crippen LogP contribution is 2.23. The monoisotopic (exact) mass is 233 g/mol. The van der Waals surface area contributed by atoms with E-state index in [1.54, 1.807) is 0 Å². The van der Waals surface area contributed by atoms with E-state index in [-0.39, 0.29) is 4.88 Å². The molecule has 0 spiro atoms. The summed E-state index contributed by atoms with van der Waals surface area (Å²) in [5, 5.41) is 9.89. The quantitative estimate of drug-likeness (QED) is 0.482. The zero-order chi connectivity index (χ0) is 10.8. The lowest BCUT2D eigenvalue weighted by Gasteiger charge is -1.94. The Morgan fingerprint density at radius 2 is 2.29 bits per heavy atom. The van der Waals surface area contributed by atoms with E-state index in [1.807, 2.05) is 0 Å². The number of hydrogen-bond acceptors (Lipinski definition) is 4. The fourth-order valence-electron chi connectivity index (χ4n) is 0.749. The van der Waals surface area contributed by atoms with Crippen LogP contribution in [0, 0.1) is 0 Å². The molecule has 0 unspecified atom stereocenters. The third-order valence-electron chi connectivity index (χ3n) is 1.25. The van der Waals surface area contributed by atoms with Crippen LogP contribution in [0.15, 0.2) is 20.9 Å². The van der Waals surface area contributed by atoms with Crippen LogP contribution in [-0.2, 0) is 10.0 Å². The summed E-state index contributed by atoms with van der Waals surface area (Å²) in [5.74, 6) is -1.37. The fraction of sp³-hybridized carbons (Fsp3) is 0. The lowest BCUT2D eigenvalue weighted by atomic mass is 10.5. The summed E-state index contributed by atoms with van der Waals surface area (Å²) in [5.41, 5.74) is 7.97. The lowest BCUT2D eigenvalue weighted by Crippen LogP contribution is -2.02. The predicted octanol–water partition coefficient (Wildman–Crippen LogP) is 1.45. The van der Waals surface area contributed by atoms with E-state index in [4.69, 9.17) is 10.6 Å². The van der Waals surface area contributed by atoms with Gasteiger partial charge in [-0.1, -0.05) is 0 Å². The minimum Gasteiger partial charge on any atom is -0.477 e. The van der Waals surface area contributed by atoms with E-state index < -0.39 is 20.9 Å². The third-order valence-corrected chi connectivity index (χ3v) is 3.46. The number of sulfonamides is 1. The smallest absolute Gasteiger partial charge is 0.347 e. The number of thiophene rings is 1. The van der Waals surface area contributed by atoms with Gasteiger partial charge in [0.25, 0.3) is 10.0 Å². The molecule has 1 aromatic heterocycles. The van der Waals surface area contributed by atoms with Crippen LogP contribution < -0.4 is 0 Å². The SMILES string of the molecule is [N-]=[N+]=NS(=O)(=O)c1ccsc1C(=O)O. The van der Waals surface area contributed by atoms with Crippen molar-refractivity contribution in [3.8, 4) is 0 Å². The van der Waals surface area contributed by atoms with Gasteiger partial charge < -0.3 is 5.11 Å². The maximum absolute atomic E-state index is 11.1. The fourth-order valence-corrected chi connectivity index (χ4v) is 2.67. The van der Waals surface area contributed by atoms with Crippen LogP contribution >= 0.6 is 11.3 Å². The second-order valence-corrected chi connectivity index (χ2v) is 4.53. The average Bonchev–Trinajstić information content (AvgIpc) is 2.51. The number of rotatable bonds is 3. The number of aromatic carboxylic acids is 1. The van der Waals surface area contributed by atoms with Crippen molar-refractivity contribution in [2.45, 2.75) is 4.90 Å². The van der Waals surface area contributed by atoms with Crippen LogP contribution in [0.3, 0.4) is 0 Å². The zero-order valence-corrected chi connectivity index (χ0v) is 8.12. The summed E-state index contributed by atoms with van der Waals surface area (Å²) < 4.78 is 24.8. The molecular formula is C5H3N3O4S2. The molecule has 0 atom stereocenters. The molecule has 1 heterocycles. The second kappa shape index (κ2) is 3.66. The van der Waals surface area contributed by atoms with Gasteiger partial charge in [0.2, 0.25) is 0 Å². The summed E-state index contributed by atoms with van der Waals surface area (Å²) in [6.07, 6.45) is 0. The average molecular weight is 233 g/mol. The Morgan fingerprint density at radius 1 is 1.64 bits per heavy atom. The summed E-state index contributed by atoms with van der Waals surface area (Å²) in [6.45, 7) is 0. The van der Waals surface area contributed by atoms with Crippen molar-refractivity contribution < 1.29 is 18.3 Å². The largest absolute Gasteiger partial charge is 0.477 e. The standard InChI is InChI=1S/C5H3N3O4S2/c6-7-8-14(11,12)3-1-2-13-4(3)5(9)10/h1-2H,(H,9,10). The van der Waals surface area contributed by atoms with Gasteiger partial charge >= 0.3 is 5.97 Å². The van der Waals surface area contributed by atoms with Crippen LogP contribution in [0.2, 0.25) is 0 Å². The van der Waals surface area contributed by atoms with Gasteiger partial charge in [-0.25, -0.2) is 13.2 Å². The van der Waals surface area contributed by atoms with Gasteiger partial charge in [-0.15, -0.1) is 11.3 Å². The normalized spacial score (nSPS) is 10.6. The maximum atomic E-state index is 11.1. The van der Waals surface area contributed by atoms with Crippen molar-refractivity contribution in [3.05, 3.63) is 26.8 Å². The van der Waals surface area contributed by atoms with Gasteiger partial charge in [-0.2, -0.15) is 0 Å². The van der Waals surface area contributed by atoms with Crippen LogP contribution in [0.4, 0.5) is 0 Å². The Balaban J connectivity index is 3.41. The van der Waals surface area contributed by atoms with Gasteiger partial charge in [-0.05, 0) is 17.0 Å². The van der Waals surface area contributed by atoms with Gasteiger partial charge in [-0.3, -0.25) is 0 Å². The molecule has 9 heteroatoms. The Hall–Kier alpha value is -1.57. The molecule has 1 aromatic rings. The minimum absolute atomic E-state index is 0.364. The molecule has 7 nitrogen and oxygen atoms in total. The van der Waals surface area contributed by atoms with Gasteiger partial charge in [0.1, 0.15) is 9.77 Å². The van der Waals surface area contributed by atoms with Crippen molar-refractivity contribution in [1.29, 1.82) is 0 Å². The van der Waals surface area contributed by atoms with Crippen molar-refractivity contribution in [2.24, 2.45) is 4.52 Å². The van der Waals surface area contributed by atoms with Gasteiger partial charge in [0, 0.05) is 9.43 Å². The molecule has 0 saturated heterocycles. The molecule has 0 aliphatic heterocycles. The number of carbonyl (C=O) groups is 1. The molecule has 0 aromatic carbocycles. The van der Waals surface area contributed by atoms with Crippen LogP contribution in [0.1, 0.15) is 9.67 Å². The molecule has 1 N–H and O–H groups in total. The highest BCUT2D eigenvalue weighted by molar-refractivity contribution is 7.90. The molecule has 14 heavy (non-hydrogen) atoms. The van der Waals surface area contributed by atoms with E-state index in [1.165, 1.54) is 5.38 Å². The van der Waals surface area contributed by atoms with Gasteiger partial charge in [0.05, 0.1) is 0 Å². The van der Waals surface area contributed by atoms with Crippen molar-refractivity contribution in [2.75, 3.05) is 0 Å². The first kappa shape index (κ1) is 10.5. The van der Waals surface area contributed by atoms with Crippen molar-refractivity contribution >= 4 is 27.3 Å². The second-order valence-electron chi connectivity index (χ2n) is 2.07.